The van der Waals surface area contributed by atoms with Crippen LogP contribution in [0.1, 0.15) is 27.2 Å². The van der Waals surface area contributed by atoms with Crippen LogP contribution in [0.5, 0.6) is 0 Å². The highest BCUT2D eigenvalue weighted by molar-refractivity contribution is 6.70. The van der Waals surface area contributed by atoms with E-state index in [-0.39, 0.29) is 0 Å². The van der Waals surface area contributed by atoms with Crippen LogP contribution >= 0.6 is 0 Å². The second-order valence-corrected chi connectivity index (χ2v) is 12.1. The highest BCUT2D eigenvalue weighted by Gasteiger charge is 2.48. The Hall–Kier alpha value is -1.58. The molecule has 0 spiro atoms. The van der Waals surface area contributed by atoms with E-state index in [1.807, 2.05) is 0 Å². The van der Waals surface area contributed by atoms with Crippen molar-refractivity contribution in [1.29, 1.82) is 0 Å². The Morgan fingerprint density at radius 1 is 1.03 bits per heavy atom. The molecule has 1 fully saturated rings. The molecule has 0 radical (unpaired) electrons. The van der Waals surface area contributed by atoms with Gasteiger partial charge in [-0.1, -0.05) is 6.58 Å². The molecule has 12 heteroatoms. The van der Waals surface area contributed by atoms with Crippen LogP contribution in [0.15, 0.2) is 12.3 Å². The Kier molecular flexibility index (Phi) is 12.9. The third kappa shape index (κ3) is 13.3. The smallest absolute Gasteiger partial charge is 0.452 e. The van der Waals surface area contributed by atoms with E-state index >= 15 is 0 Å². The molecule has 1 atom stereocenters. The summed E-state index contributed by atoms with van der Waals surface area (Å²) in [5.41, 5.74) is 1.04. The van der Waals surface area contributed by atoms with Gasteiger partial charge >= 0.3 is 17.4 Å². The van der Waals surface area contributed by atoms with Gasteiger partial charge in [0.15, 0.2) is 0 Å². The molecule has 1 saturated heterocycles. The van der Waals surface area contributed by atoms with Gasteiger partial charge in [0, 0.05) is 47.3 Å². The highest BCUT2D eigenvalue weighted by atomic mass is 28.4. The van der Waals surface area contributed by atoms with Gasteiger partial charge in [-0.25, -0.2) is 0 Å². The lowest BCUT2D eigenvalue weighted by Crippen LogP contribution is -2.47. The topological polar surface area (TPSA) is 119 Å². The van der Waals surface area contributed by atoms with Crippen molar-refractivity contribution < 1.29 is 46.0 Å². The second-order valence-electron chi connectivity index (χ2n) is 6.26. The maximum Gasteiger partial charge on any atom is 0.734 e. The number of hydrogen-bond donors (Lipinski definition) is 0. The van der Waals surface area contributed by atoms with Gasteiger partial charge in [0.2, 0.25) is 0 Å². The van der Waals surface area contributed by atoms with E-state index in [9.17, 15) is 14.4 Å². The first-order chi connectivity index (χ1) is 13.5. The SMILES string of the molecule is C=C[Si](OC(C)=O)(OC(C)=O)OC(C)=O.CO[Si](C)(CCCOCC1CO1)OC. The minimum atomic E-state index is -3.74. The molecular weight excluding hydrogens is 420 g/mol. The summed E-state index contributed by atoms with van der Waals surface area (Å²) in [6, 6.07) is 0.978. The summed E-state index contributed by atoms with van der Waals surface area (Å²) in [7, 11) is -2.18. The summed E-state index contributed by atoms with van der Waals surface area (Å²) in [6.45, 7) is 11.1. The number of carbonyl (C=O) groups excluding carboxylic acids is 3. The fourth-order valence-corrected chi connectivity index (χ4v) is 4.89. The maximum absolute atomic E-state index is 10.8. The van der Waals surface area contributed by atoms with Gasteiger partial charge in [-0.2, -0.15) is 0 Å². The van der Waals surface area contributed by atoms with E-state index < -0.39 is 35.3 Å². The van der Waals surface area contributed by atoms with Crippen LogP contribution < -0.4 is 0 Å². The van der Waals surface area contributed by atoms with Gasteiger partial charge in [-0.15, -0.1) is 0 Å². The minimum Gasteiger partial charge on any atom is -0.452 e. The van der Waals surface area contributed by atoms with E-state index in [2.05, 4.69) is 13.1 Å². The van der Waals surface area contributed by atoms with Gasteiger partial charge < -0.3 is 31.6 Å². The Labute approximate surface area is 174 Å². The summed E-state index contributed by atoms with van der Waals surface area (Å²) in [6.07, 6.45) is 1.36. The molecule has 0 aliphatic carbocycles. The molecule has 10 nitrogen and oxygen atoms in total. The molecule has 1 unspecified atom stereocenters. The highest BCUT2D eigenvalue weighted by Crippen LogP contribution is 2.14. The first-order valence-electron chi connectivity index (χ1n) is 9.03. The number of epoxide rings is 1. The van der Waals surface area contributed by atoms with Crippen molar-refractivity contribution >= 4 is 35.3 Å². The summed E-state index contributed by atoms with van der Waals surface area (Å²) >= 11 is 0. The van der Waals surface area contributed by atoms with Crippen LogP contribution in [-0.2, 0) is 46.0 Å². The maximum atomic E-state index is 10.8. The Morgan fingerprint density at radius 3 is 1.79 bits per heavy atom. The lowest BCUT2D eigenvalue weighted by Gasteiger charge is -2.22. The molecule has 29 heavy (non-hydrogen) atoms. The number of hydrogen-bond acceptors (Lipinski definition) is 10. The van der Waals surface area contributed by atoms with Crippen molar-refractivity contribution in [3.05, 3.63) is 12.3 Å². The third-order valence-corrected chi connectivity index (χ3v) is 8.80. The number of carbonyl (C=O) groups is 3. The minimum absolute atomic E-state index is 0.364. The first-order valence-corrected chi connectivity index (χ1v) is 13.4. The van der Waals surface area contributed by atoms with Crippen LogP contribution in [0.25, 0.3) is 0 Å². The van der Waals surface area contributed by atoms with Crippen molar-refractivity contribution in [2.75, 3.05) is 34.0 Å². The lowest BCUT2D eigenvalue weighted by molar-refractivity contribution is -0.146. The average Bonchev–Trinajstić information content (AvgIpc) is 3.44. The van der Waals surface area contributed by atoms with Gasteiger partial charge in [0.05, 0.1) is 13.2 Å². The standard InChI is InChI=1S/C9H20O4Si.C8H12O6Si/c1-10-14(3,11-2)6-4-5-12-7-9-8-13-9;1-5-15(12-6(2)9,13-7(3)10)14-8(4)11/h9H,4-8H2,1-3H3;5H,1H2,2-4H3. The van der Waals surface area contributed by atoms with E-state index in [0.29, 0.717) is 6.10 Å². The average molecular weight is 453 g/mol. The zero-order valence-corrected chi connectivity index (χ0v) is 20.0. The molecule has 1 aliphatic rings. The molecule has 0 saturated carbocycles. The van der Waals surface area contributed by atoms with Crippen LogP contribution in [0.2, 0.25) is 12.6 Å². The van der Waals surface area contributed by atoms with Gasteiger partial charge in [-0.05, 0) is 19.0 Å². The van der Waals surface area contributed by atoms with Crippen molar-refractivity contribution in [1.82, 2.24) is 0 Å². The quantitative estimate of drug-likeness (QED) is 0.245. The van der Waals surface area contributed by atoms with E-state index in [1.165, 1.54) is 0 Å². The van der Waals surface area contributed by atoms with Crippen LogP contribution in [0.4, 0.5) is 0 Å². The van der Waals surface area contributed by atoms with Gasteiger partial charge in [0.1, 0.15) is 6.10 Å². The van der Waals surface area contributed by atoms with Crippen molar-refractivity contribution in [3.8, 4) is 0 Å². The van der Waals surface area contributed by atoms with Crippen LogP contribution in [0, 0.1) is 0 Å². The normalized spacial score (nSPS) is 15.4. The molecular formula is C17H32O10Si2. The van der Waals surface area contributed by atoms with Crippen molar-refractivity contribution in [2.24, 2.45) is 0 Å². The van der Waals surface area contributed by atoms with Crippen molar-refractivity contribution in [3.63, 3.8) is 0 Å². The number of ether oxygens (including phenoxy) is 2. The molecule has 168 valence electrons. The zero-order chi connectivity index (χ0) is 22.5. The van der Waals surface area contributed by atoms with Crippen molar-refractivity contribution in [2.45, 2.75) is 45.9 Å². The monoisotopic (exact) mass is 452 g/mol. The molecule has 0 aromatic heterocycles. The second kappa shape index (κ2) is 13.6. The summed E-state index contributed by atoms with van der Waals surface area (Å²) in [5.74, 6) is -2.16. The Morgan fingerprint density at radius 2 is 1.48 bits per heavy atom. The molecule has 0 bridgehead atoms. The Balaban J connectivity index is 0.000000541. The fourth-order valence-electron chi connectivity index (χ4n) is 1.95. The van der Waals surface area contributed by atoms with Crippen LogP contribution in [-0.4, -0.2) is 75.4 Å². The molecule has 1 heterocycles. The predicted octanol–water partition coefficient (Wildman–Crippen LogP) is 1.50. The summed E-state index contributed by atoms with van der Waals surface area (Å²) in [4.78, 5) is 32.3. The zero-order valence-electron chi connectivity index (χ0n) is 18.0. The van der Waals surface area contributed by atoms with Gasteiger partial charge in [-0.3, -0.25) is 14.4 Å². The number of rotatable bonds is 12. The summed E-state index contributed by atoms with van der Waals surface area (Å²) in [5, 5.41) is 0. The van der Waals surface area contributed by atoms with E-state index in [0.717, 1.165) is 58.8 Å². The fraction of sp³-hybridized carbons (Fsp3) is 0.706. The third-order valence-electron chi connectivity index (χ3n) is 3.60. The molecule has 0 N–H and O–H groups in total. The van der Waals surface area contributed by atoms with Crippen LogP contribution in [0.3, 0.4) is 0 Å². The van der Waals surface area contributed by atoms with E-state index in [4.69, 9.17) is 31.6 Å². The molecule has 0 aromatic rings. The predicted molar refractivity (Wildman–Crippen MR) is 107 cm³/mol. The lowest BCUT2D eigenvalue weighted by atomic mass is 10.5. The summed E-state index contributed by atoms with van der Waals surface area (Å²) < 4.78 is 35.3. The largest absolute Gasteiger partial charge is 0.734 e. The van der Waals surface area contributed by atoms with E-state index in [1.54, 1.807) is 14.2 Å². The molecule has 0 aromatic carbocycles. The Bertz CT molecular complexity index is 506. The first kappa shape index (κ1) is 27.4. The molecule has 1 aliphatic heterocycles. The van der Waals surface area contributed by atoms with Gasteiger partial charge in [0.25, 0.3) is 17.9 Å². The molecule has 0 amide bonds. The molecule has 1 rings (SSSR count).